The number of carbonyl (C=O) groups is 1. The average Bonchev–Trinajstić information content (AvgIpc) is 3.33. The molecule has 5 nitrogen and oxygen atoms in total. The molecule has 0 aliphatic carbocycles. The van der Waals surface area contributed by atoms with Crippen LogP contribution in [0.4, 0.5) is 5.82 Å². The number of rotatable bonds is 4. The zero-order valence-electron chi connectivity index (χ0n) is 14.2. The molecule has 3 heterocycles. The highest BCUT2D eigenvalue weighted by Gasteiger charge is 2.11. The number of fused-ring (bicyclic) bond motifs is 2. The van der Waals surface area contributed by atoms with Gasteiger partial charge in [0.05, 0.1) is 15.7 Å². The van der Waals surface area contributed by atoms with E-state index >= 15 is 0 Å². The highest BCUT2D eigenvalue weighted by molar-refractivity contribution is 7.22. The third kappa shape index (κ3) is 2.76. The molecule has 1 N–H and O–H groups in total. The molecule has 5 aromatic rings. The van der Waals surface area contributed by atoms with E-state index in [9.17, 15) is 4.79 Å². The van der Waals surface area contributed by atoms with E-state index in [0.29, 0.717) is 5.56 Å². The SMILES string of the molecule is O=Cc1ccc(-c2cc3ncnc(Nn4ccc5ccccc54)c3s2)cc1. The standard InChI is InChI=1S/C21H14N4OS/c26-12-14-5-7-16(8-6-14)19-11-17-20(27-19)21(23-13-22-17)24-25-10-9-15-3-1-2-4-18(15)25/h1-13H,(H,22,23,24). The van der Waals surface area contributed by atoms with Crippen LogP contribution >= 0.6 is 11.3 Å². The number of hydrogen-bond donors (Lipinski definition) is 1. The predicted octanol–water partition coefficient (Wildman–Crippen LogP) is 5.00. The Morgan fingerprint density at radius 1 is 1.00 bits per heavy atom. The zero-order valence-corrected chi connectivity index (χ0v) is 15.0. The summed E-state index contributed by atoms with van der Waals surface area (Å²) in [5, 5.41) is 1.16. The van der Waals surface area contributed by atoms with Gasteiger partial charge in [0.1, 0.15) is 12.6 Å². The monoisotopic (exact) mass is 370 g/mol. The number of nitrogens with one attached hydrogen (secondary N) is 1. The first kappa shape index (κ1) is 15.7. The van der Waals surface area contributed by atoms with Crippen molar-refractivity contribution in [2.75, 3.05) is 5.43 Å². The molecule has 5 rings (SSSR count). The van der Waals surface area contributed by atoms with Gasteiger partial charge >= 0.3 is 0 Å². The lowest BCUT2D eigenvalue weighted by atomic mass is 10.1. The Labute approximate surface area is 158 Å². The van der Waals surface area contributed by atoms with Crippen LogP contribution in [0.3, 0.4) is 0 Å². The molecule has 0 spiro atoms. The number of benzene rings is 2. The molecule has 0 unspecified atom stereocenters. The van der Waals surface area contributed by atoms with Crippen LogP contribution in [0.1, 0.15) is 10.4 Å². The van der Waals surface area contributed by atoms with Crippen LogP contribution < -0.4 is 5.43 Å². The summed E-state index contributed by atoms with van der Waals surface area (Å²) in [5.74, 6) is 0.766. The summed E-state index contributed by atoms with van der Waals surface area (Å²) in [6.07, 6.45) is 4.41. The van der Waals surface area contributed by atoms with Gasteiger partial charge in [-0.3, -0.25) is 14.9 Å². The van der Waals surface area contributed by atoms with E-state index in [1.807, 2.05) is 47.3 Å². The Balaban J connectivity index is 1.57. The number of para-hydroxylation sites is 1. The van der Waals surface area contributed by atoms with E-state index in [1.54, 1.807) is 17.7 Å². The number of aldehydes is 1. The van der Waals surface area contributed by atoms with Crippen molar-refractivity contribution >= 4 is 44.6 Å². The Kier molecular flexibility index (Phi) is 3.69. The molecule has 0 saturated heterocycles. The fraction of sp³-hybridized carbons (Fsp3) is 0. The van der Waals surface area contributed by atoms with E-state index in [-0.39, 0.29) is 0 Å². The van der Waals surface area contributed by atoms with Crippen LogP contribution in [0.2, 0.25) is 0 Å². The van der Waals surface area contributed by atoms with E-state index < -0.39 is 0 Å². The van der Waals surface area contributed by atoms with Gasteiger partial charge in [0.2, 0.25) is 0 Å². The van der Waals surface area contributed by atoms with Crippen LogP contribution in [0.15, 0.2) is 73.2 Å². The second kappa shape index (κ2) is 6.34. The van der Waals surface area contributed by atoms with Gasteiger partial charge in [-0.2, -0.15) is 0 Å². The van der Waals surface area contributed by atoms with Gasteiger partial charge in [-0.1, -0.05) is 42.5 Å². The molecule has 0 fully saturated rings. The second-order valence-electron chi connectivity index (χ2n) is 6.14. The van der Waals surface area contributed by atoms with Crippen LogP contribution in [-0.2, 0) is 0 Å². The molecule has 2 aromatic carbocycles. The minimum atomic E-state index is 0.668. The molecule has 0 aliphatic rings. The maximum Gasteiger partial charge on any atom is 0.166 e. The summed E-state index contributed by atoms with van der Waals surface area (Å²) in [6.45, 7) is 0. The predicted molar refractivity (Wildman–Crippen MR) is 109 cm³/mol. The number of carbonyl (C=O) groups excluding carboxylic acids is 1. The number of aromatic nitrogens is 3. The Hall–Kier alpha value is -3.51. The first-order chi connectivity index (χ1) is 13.3. The van der Waals surface area contributed by atoms with E-state index in [0.717, 1.165) is 43.7 Å². The summed E-state index contributed by atoms with van der Waals surface area (Å²) in [5.41, 5.74) is 7.09. The van der Waals surface area contributed by atoms with Gasteiger partial charge in [0.15, 0.2) is 5.82 Å². The lowest BCUT2D eigenvalue weighted by molar-refractivity contribution is 0.112. The summed E-state index contributed by atoms with van der Waals surface area (Å²) < 4.78 is 2.96. The summed E-state index contributed by atoms with van der Waals surface area (Å²) in [6, 6.07) is 19.9. The fourth-order valence-corrected chi connectivity index (χ4v) is 4.15. The van der Waals surface area contributed by atoms with Crippen molar-refractivity contribution in [2.45, 2.75) is 0 Å². The van der Waals surface area contributed by atoms with E-state index in [2.05, 4.69) is 39.7 Å². The smallest absolute Gasteiger partial charge is 0.166 e. The third-order valence-electron chi connectivity index (χ3n) is 4.47. The first-order valence-electron chi connectivity index (χ1n) is 8.45. The van der Waals surface area contributed by atoms with E-state index in [4.69, 9.17) is 0 Å². The molecule has 0 atom stereocenters. The van der Waals surface area contributed by atoms with Crippen LogP contribution in [0.5, 0.6) is 0 Å². The number of nitrogens with zero attached hydrogens (tertiary/aromatic N) is 3. The Morgan fingerprint density at radius 2 is 1.85 bits per heavy atom. The van der Waals surface area contributed by atoms with Gasteiger partial charge in [-0.05, 0) is 23.8 Å². The lowest BCUT2D eigenvalue weighted by Gasteiger charge is -2.08. The Morgan fingerprint density at radius 3 is 2.70 bits per heavy atom. The fourth-order valence-electron chi connectivity index (χ4n) is 3.10. The molecule has 0 bridgehead atoms. The number of thiophene rings is 1. The molecule has 0 radical (unpaired) electrons. The zero-order chi connectivity index (χ0) is 18.2. The van der Waals surface area contributed by atoms with Crippen molar-refractivity contribution in [3.05, 3.63) is 78.8 Å². The summed E-state index contributed by atoms with van der Waals surface area (Å²) in [4.78, 5) is 20.8. The molecule has 3 aromatic heterocycles. The maximum absolute atomic E-state index is 10.9. The quantitative estimate of drug-likeness (QED) is 0.452. The highest BCUT2D eigenvalue weighted by Crippen LogP contribution is 2.35. The third-order valence-corrected chi connectivity index (χ3v) is 5.65. The Bertz CT molecular complexity index is 1270. The number of hydrogen-bond acceptors (Lipinski definition) is 5. The molecule has 130 valence electrons. The second-order valence-corrected chi connectivity index (χ2v) is 7.20. The topological polar surface area (TPSA) is 59.8 Å². The average molecular weight is 370 g/mol. The first-order valence-corrected chi connectivity index (χ1v) is 9.27. The van der Waals surface area contributed by atoms with Crippen molar-refractivity contribution in [1.82, 2.24) is 14.6 Å². The molecular formula is C21H14N4OS. The van der Waals surface area contributed by atoms with E-state index in [1.165, 1.54) is 0 Å². The van der Waals surface area contributed by atoms with Crippen molar-refractivity contribution in [1.29, 1.82) is 0 Å². The minimum absolute atomic E-state index is 0.668. The molecular weight excluding hydrogens is 356 g/mol. The minimum Gasteiger partial charge on any atom is -0.298 e. The van der Waals surface area contributed by atoms with Crippen LogP contribution in [0, 0.1) is 0 Å². The molecule has 27 heavy (non-hydrogen) atoms. The van der Waals surface area contributed by atoms with Gasteiger partial charge in [-0.25, -0.2) is 9.97 Å². The van der Waals surface area contributed by atoms with Crippen molar-refractivity contribution in [3.8, 4) is 10.4 Å². The van der Waals surface area contributed by atoms with Crippen molar-refractivity contribution in [2.24, 2.45) is 0 Å². The van der Waals surface area contributed by atoms with Gasteiger partial charge in [-0.15, -0.1) is 11.3 Å². The number of anilines is 1. The van der Waals surface area contributed by atoms with Gasteiger partial charge in [0, 0.05) is 22.0 Å². The van der Waals surface area contributed by atoms with Crippen LogP contribution in [0.25, 0.3) is 31.6 Å². The summed E-state index contributed by atoms with van der Waals surface area (Å²) in [7, 11) is 0. The summed E-state index contributed by atoms with van der Waals surface area (Å²) >= 11 is 1.63. The van der Waals surface area contributed by atoms with Gasteiger partial charge in [0.25, 0.3) is 0 Å². The molecule has 6 heteroatoms. The lowest BCUT2D eigenvalue weighted by Crippen LogP contribution is -2.08. The normalized spacial score (nSPS) is 11.1. The van der Waals surface area contributed by atoms with Crippen LogP contribution in [-0.4, -0.2) is 20.9 Å². The molecule has 0 amide bonds. The maximum atomic E-state index is 10.9. The van der Waals surface area contributed by atoms with Crippen molar-refractivity contribution in [3.63, 3.8) is 0 Å². The van der Waals surface area contributed by atoms with Gasteiger partial charge < -0.3 is 0 Å². The molecule has 0 saturated carbocycles. The largest absolute Gasteiger partial charge is 0.298 e. The van der Waals surface area contributed by atoms with Crippen molar-refractivity contribution < 1.29 is 4.79 Å². The molecule has 0 aliphatic heterocycles. The highest BCUT2D eigenvalue weighted by atomic mass is 32.1.